The number of ether oxygens (including phenoxy) is 2. The van der Waals surface area contributed by atoms with Crippen LogP contribution in [0.4, 0.5) is 18.0 Å². The molecule has 2 saturated heterocycles. The molecule has 2 fully saturated rings. The summed E-state index contributed by atoms with van der Waals surface area (Å²) in [5, 5.41) is -0.552. The number of hydrogen-bond acceptors (Lipinski definition) is 5. The summed E-state index contributed by atoms with van der Waals surface area (Å²) in [6, 6.07) is 4.51. The first kappa shape index (κ1) is 25.6. The summed E-state index contributed by atoms with van der Waals surface area (Å²) in [5.41, 5.74) is -1.35. The van der Waals surface area contributed by atoms with Gasteiger partial charge in [-0.1, -0.05) is 0 Å². The molecule has 1 amide bonds. The number of rotatable bonds is 4. The minimum atomic E-state index is -4.40. The highest BCUT2D eigenvalue weighted by atomic mass is 32.2. The summed E-state index contributed by atoms with van der Waals surface area (Å²) in [6.07, 6.45) is -3.48. The third kappa shape index (κ3) is 6.75. The zero-order valence-electron chi connectivity index (χ0n) is 19.1. The molecule has 0 spiro atoms. The van der Waals surface area contributed by atoms with Crippen LogP contribution >= 0.6 is 0 Å². The number of halogens is 3. The third-order valence-corrected chi connectivity index (χ3v) is 8.16. The van der Waals surface area contributed by atoms with Gasteiger partial charge in [0.25, 0.3) is 0 Å². The van der Waals surface area contributed by atoms with Crippen molar-refractivity contribution in [2.24, 2.45) is 0 Å². The van der Waals surface area contributed by atoms with Crippen LogP contribution in [-0.4, -0.2) is 66.9 Å². The Balaban J connectivity index is 1.48. The van der Waals surface area contributed by atoms with Crippen LogP contribution in [0.2, 0.25) is 0 Å². The molecule has 0 N–H and O–H groups in total. The summed E-state index contributed by atoms with van der Waals surface area (Å²) in [4.78, 5) is 13.7. The van der Waals surface area contributed by atoms with Gasteiger partial charge < -0.3 is 14.4 Å². The van der Waals surface area contributed by atoms with Crippen molar-refractivity contribution in [3.05, 3.63) is 29.8 Å². The Labute approximate surface area is 192 Å². The quantitative estimate of drug-likeness (QED) is 0.627. The van der Waals surface area contributed by atoms with Crippen LogP contribution in [0.15, 0.2) is 24.3 Å². The Kier molecular flexibility index (Phi) is 7.52. The summed E-state index contributed by atoms with van der Waals surface area (Å²) in [7, 11) is -3.51. The Bertz CT molecular complexity index is 913. The highest BCUT2D eigenvalue weighted by molar-refractivity contribution is 7.89. The van der Waals surface area contributed by atoms with Gasteiger partial charge in [-0.3, -0.25) is 0 Å². The lowest BCUT2D eigenvalue weighted by atomic mass is 10.1. The molecule has 0 unspecified atom stereocenters. The molecule has 186 valence electrons. The van der Waals surface area contributed by atoms with Crippen molar-refractivity contribution >= 4 is 16.1 Å². The SMILES string of the molecule is CC(C)(C)OC(=O)N1CCC(S(=O)(=O)N2CCC(Oc3ccc(C(F)(F)F)cc3)CC2)CC1. The maximum Gasteiger partial charge on any atom is 0.416 e. The van der Waals surface area contributed by atoms with E-state index in [1.807, 2.05) is 0 Å². The van der Waals surface area contributed by atoms with Gasteiger partial charge in [-0.05, 0) is 70.7 Å². The molecule has 33 heavy (non-hydrogen) atoms. The maximum atomic E-state index is 13.1. The van der Waals surface area contributed by atoms with Gasteiger partial charge in [-0.15, -0.1) is 0 Å². The fourth-order valence-electron chi connectivity index (χ4n) is 3.99. The number of carbonyl (C=O) groups excluding carboxylic acids is 1. The number of carbonyl (C=O) groups is 1. The molecule has 11 heteroatoms. The molecule has 0 atom stereocenters. The summed E-state index contributed by atoms with van der Waals surface area (Å²) in [6.45, 7) is 6.59. The second-order valence-electron chi connectivity index (χ2n) is 9.45. The van der Waals surface area contributed by atoms with E-state index in [9.17, 15) is 26.4 Å². The second kappa shape index (κ2) is 9.69. The van der Waals surface area contributed by atoms with Crippen molar-refractivity contribution in [1.29, 1.82) is 0 Å². The van der Waals surface area contributed by atoms with Gasteiger partial charge in [0.1, 0.15) is 17.5 Å². The smallest absolute Gasteiger partial charge is 0.416 e. The summed E-state index contributed by atoms with van der Waals surface area (Å²) in [5.74, 6) is 0.332. The molecule has 1 aromatic rings. The van der Waals surface area contributed by atoms with Crippen molar-refractivity contribution in [3.63, 3.8) is 0 Å². The van der Waals surface area contributed by atoms with Crippen LogP contribution < -0.4 is 4.74 Å². The molecule has 2 aliphatic rings. The van der Waals surface area contributed by atoms with Crippen molar-refractivity contribution in [2.45, 2.75) is 69.6 Å². The largest absolute Gasteiger partial charge is 0.490 e. The number of piperidine rings is 2. The molecule has 7 nitrogen and oxygen atoms in total. The number of hydrogen-bond donors (Lipinski definition) is 0. The lowest BCUT2D eigenvalue weighted by Crippen LogP contribution is -2.50. The van der Waals surface area contributed by atoms with Crippen molar-refractivity contribution in [2.75, 3.05) is 26.2 Å². The number of nitrogens with zero attached hydrogens (tertiary/aromatic N) is 2. The van der Waals surface area contributed by atoms with Crippen LogP contribution in [-0.2, 0) is 20.9 Å². The highest BCUT2D eigenvalue weighted by Gasteiger charge is 2.38. The van der Waals surface area contributed by atoms with Gasteiger partial charge in [0, 0.05) is 26.2 Å². The number of amides is 1. The Morgan fingerprint density at radius 2 is 1.48 bits per heavy atom. The molecule has 2 aliphatic heterocycles. The van der Waals surface area contributed by atoms with Crippen LogP contribution in [0.3, 0.4) is 0 Å². The zero-order valence-corrected chi connectivity index (χ0v) is 19.9. The topological polar surface area (TPSA) is 76.2 Å². The Morgan fingerprint density at radius 1 is 0.939 bits per heavy atom. The fourth-order valence-corrected chi connectivity index (χ4v) is 5.94. The van der Waals surface area contributed by atoms with Crippen LogP contribution in [0.1, 0.15) is 52.0 Å². The van der Waals surface area contributed by atoms with Crippen LogP contribution in [0.25, 0.3) is 0 Å². The van der Waals surface area contributed by atoms with Crippen LogP contribution in [0, 0.1) is 0 Å². The van der Waals surface area contributed by atoms with Gasteiger partial charge in [-0.25, -0.2) is 17.5 Å². The van der Waals surface area contributed by atoms with E-state index in [1.165, 1.54) is 16.4 Å². The normalized spacial score (nSPS) is 20.0. The molecule has 0 aliphatic carbocycles. The van der Waals surface area contributed by atoms with E-state index in [4.69, 9.17) is 9.47 Å². The molecular formula is C22H31F3N2O5S. The van der Waals surface area contributed by atoms with E-state index in [0.29, 0.717) is 57.6 Å². The highest BCUT2D eigenvalue weighted by Crippen LogP contribution is 2.31. The van der Waals surface area contributed by atoms with Gasteiger partial charge in [0.15, 0.2) is 0 Å². The number of likely N-dealkylation sites (tertiary alicyclic amines) is 1. The Hall–Kier alpha value is -2.01. The second-order valence-corrected chi connectivity index (χ2v) is 11.7. The van der Waals surface area contributed by atoms with Crippen molar-refractivity contribution < 1.29 is 35.9 Å². The summed E-state index contributed by atoms with van der Waals surface area (Å²) >= 11 is 0. The average Bonchev–Trinajstić information content (AvgIpc) is 2.73. The van der Waals surface area contributed by atoms with E-state index < -0.39 is 38.7 Å². The minimum Gasteiger partial charge on any atom is -0.490 e. The zero-order chi connectivity index (χ0) is 24.4. The van der Waals surface area contributed by atoms with Crippen molar-refractivity contribution in [1.82, 2.24) is 9.21 Å². The van der Waals surface area contributed by atoms with E-state index in [-0.39, 0.29) is 6.10 Å². The van der Waals surface area contributed by atoms with E-state index >= 15 is 0 Å². The molecule has 1 aromatic carbocycles. The number of benzene rings is 1. The number of alkyl halides is 3. The lowest BCUT2D eigenvalue weighted by molar-refractivity contribution is -0.137. The maximum absolute atomic E-state index is 13.1. The fraction of sp³-hybridized carbons (Fsp3) is 0.682. The first-order valence-electron chi connectivity index (χ1n) is 11.1. The molecule has 3 rings (SSSR count). The molecule has 0 radical (unpaired) electrons. The minimum absolute atomic E-state index is 0.262. The van der Waals surface area contributed by atoms with Crippen molar-refractivity contribution in [3.8, 4) is 5.75 Å². The van der Waals surface area contributed by atoms with Gasteiger partial charge >= 0.3 is 12.3 Å². The predicted octanol–water partition coefficient (Wildman–Crippen LogP) is 4.28. The molecule has 0 saturated carbocycles. The Morgan fingerprint density at radius 3 is 1.97 bits per heavy atom. The summed E-state index contributed by atoms with van der Waals surface area (Å²) < 4.78 is 76.8. The van der Waals surface area contributed by atoms with Gasteiger partial charge in [0.05, 0.1) is 10.8 Å². The third-order valence-electron chi connectivity index (χ3n) is 5.76. The van der Waals surface area contributed by atoms with Crippen LogP contribution in [0.5, 0.6) is 5.75 Å². The molecule has 0 bridgehead atoms. The predicted molar refractivity (Wildman–Crippen MR) is 116 cm³/mol. The monoisotopic (exact) mass is 492 g/mol. The molecule has 2 heterocycles. The van der Waals surface area contributed by atoms with E-state index in [1.54, 1.807) is 25.7 Å². The molecular weight excluding hydrogens is 461 g/mol. The van der Waals surface area contributed by atoms with Gasteiger partial charge in [-0.2, -0.15) is 13.2 Å². The number of sulfonamides is 1. The van der Waals surface area contributed by atoms with E-state index in [0.717, 1.165) is 12.1 Å². The first-order chi connectivity index (χ1) is 15.3. The standard InChI is InChI=1S/C22H31F3N2O5S/c1-21(2,3)32-20(28)26-12-10-19(11-13-26)33(29,30)27-14-8-18(9-15-27)31-17-6-4-16(5-7-17)22(23,24)25/h4-7,18-19H,8-15H2,1-3H3. The average molecular weight is 493 g/mol. The first-order valence-corrected chi connectivity index (χ1v) is 12.6. The lowest BCUT2D eigenvalue weighted by Gasteiger charge is -2.37. The van der Waals surface area contributed by atoms with Gasteiger partial charge in [0.2, 0.25) is 10.0 Å². The van der Waals surface area contributed by atoms with E-state index in [2.05, 4.69) is 0 Å². The molecule has 0 aromatic heterocycles.